The van der Waals surface area contributed by atoms with Crippen molar-refractivity contribution in [1.82, 2.24) is 10.3 Å². The number of aromatic nitrogens is 1. The molecule has 3 N–H and O–H groups in total. The molecular formula is C9H15N3O2S. The predicted octanol–water partition coefficient (Wildman–Crippen LogP) is 1.43. The van der Waals surface area contributed by atoms with Gasteiger partial charge in [0.1, 0.15) is 0 Å². The number of urea groups is 1. The molecule has 1 aromatic heterocycles. The van der Waals surface area contributed by atoms with Crippen molar-refractivity contribution in [2.24, 2.45) is 0 Å². The highest BCUT2D eigenvalue weighted by Crippen LogP contribution is 2.09. The molecule has 1 unspecified atom stereocenters. The summed E-state index contributed by atoms with van der Waals surface area (Å²) in [4.78, 5) is 15.3. The molecule has 1 atom stereocenters. The van der Waals surface area contributed by atoms with Gasteiger partial charge in [0.2, 0.25) is 0 Å². The van der Waals surface area contributed by atoms with Crippen LogP contribution in [0.5, 0.6) is 0 Å². The summed E-state index contributed by atoms with van der Waals surface area (Å²) >= 11 is 1.37. The van der Waals surface area contributed by atoms with E-state index in [0.717, 1.165) is 6.42 Å². The molecule has 0 aromatic carbocycles. The van der Waals surface area contributed by atoms with Crippen LogP contribution < -0.4 is 10.6 Å². The first-order chi connectivity index (χ1) is 7.22. The number of aliphatic hydroxyl groups excluding tert-OH is 1. The molecule has 2 amide bonds. The average molecular weight is 229 g/mol. The molecule has 0 saturated heterocycles. The van der Waals surface area contributed by atoms with Crippen LogP contribution in [0, 0.1) is 0 Å². The van der Waals surface area contributed by atoms with Crippen molar-refractivity contribution in [3.05, 3.63) is 11.6 Å². The predicted molar refractivity (Wildman–Crippen MR) is 60.1 cm³/mol. The molecule has 0 aliphatic heterocycles. The summed E-state index contributed by atoms with van der Waals surface area (Å²) in [7, 11) is 0. The second-order valence-electron chi connectivity index (χ2n) is 3.20. The van der Waals surface area contributed by atoms with E-state index in [1.165, 1.54) is 11.3 Å². The van der Waals surface area contributed by atoms with Crippen molar-refractivity contribution in [3.63, 3.8) is 0 Å². The van der Waals surface area contributed by atoms with Crippen LogP contribution in [0.25, 0.3) is 0 Å². The third-order valence-corrected chi connectivity index (χ3v) is 2.51. The number of amides is 2. The number of hydrogen-bond acceptors (Lipinski definition) is 4. The highest BCUT2D eigenvalue weighted by molar-refractivity contribution is 7.13. The number of thiazole rings is 1. The van der Waals surface area contributed by atoms with Crippen molar-refractivity contribution < 1.29 is 9.90 Å². The molecule has 15 heavy (non-hydrogen) atoms. The molecule has 1 rings (SSSR count). The van der Waals surface area contributed by atoms with E-state index in [4.69, 9.17) is 5.11 Å². The third kappa shape index (κ3) is 4.75. The highest BCUT2D eigenvalue weighted by atomic mass is 32.1. The Balaban J connectivity index is 2.23. The molecule has 0 saturated carbocycles. The Morgan fingerprint density at radius 2 is 2.53 bits per heavy atom. The van der Waals surface area contributed by atoms with Gasteiger partial charge in [0, 0.05) is 24.2 Å². The highest BCUT2D eigenvalue weighted by Gasteiger charge is 2.07. The minimum atomic E-state index is -0.254. The van der Waals surface area contributed by atoms with Gasteiger partial charge >= 0.3 is 6.03 Å². The quantitative estimate of drug-likeness (QED) is 0.715. The average Bonchev–Trinajstić information content (AvgIpc) is 2.67. The molecule has 0 radical (unpaired) electrons. The van der Waals surface area contributed by atoms with Crippen molar-refractivity contribution in [2.75, 3.05) is 11.9 Å². The summed E-state index contributed by atoms with van der Waals surface area (Å²) in [6, 6.07) is -0.201. The Morgan fingerprint density at radius 1 is 1.73 bits per heavy atom. The van der Waals surface area contributed by atoms with E-state index in [9.17, 15) is 4.79 Å². The van der Waals surface area contributed by atoms with Crippen molar-refractivity contribution >= 4 is 22.5 Å². The molecule has 0 spiro atoms. The van der Waals surface area contributed by atoms with E-state index < -0.39 is 0 Å². The number of carbonyl (C=O) groups is 1. The molecule has 5 nitrogen and oxygen atoms in total. The van der Waals surface area contributed by atoms with E-state index in [0.29, 0.717) is 11.6 Å². The van der Waals surface area contributed by atoms with Crippen LogP contribution in [0.2, 0.25) is 0 Å². The topological polar surface area (TPSA) is 74.2 Å². The minimum absolute atomic E-state index is 0.0529. The van der Waals surface area contributed by atoms with Crippen LogP contribution in [-0.4, -0.2) is 28.8 Å². The zero-order chi connectivity index (χ0) is 11.1. The van der Waals surface area contributed by atoms with Crippen LogP contribution >= 0.6 is 11.3 Å². The molecule has 0 aliphatic rings. The summed E-state index contributed by atoms with van der Waals surface area (Å²) in [6.45, 7) is 2.05. The Kier molecular flexibility index (Phi) is 5.06. The first kappa shape index (κ1) is 11.9. The second kappa shape index (κ2) is 6.36. The summed E-state index contributed by atoms with van der Waals surface area (Å²) in [6.07, 6.45) is 3.09. The summed E-state index contributed by atoms with van der Waals surface area (Å²) in [5.41, 5.74) is 0. The lowest BCUT2D eigenvalue weighted by Gasteiger charge is -2.12. The Morgan fingerprint density at radius 3 is 3.13 bits per heavy atom. The SMILES string of the molecule is CC(CCCO)NC(=O)Nc1nccs1. The molecule has 0 fully saturated rings. The van der Waals surface area contributed by atoms with Gasteiger partial charge < -0.3 is 10.4 Å². The lowest BCUT2D eigenvalue weighted by atomic mass is 10.2. The first-order valence-electron chi connectivity index (χ1n) is 4.80. The fourth-order valence-corrected chi connectivity index (χ4v) is 1.64. The van der Waals surface area contributed by atoms with Crippen molar-refractivity contribution in [2.45, 2.75) is 25.8 Å². The van der Waals surface area contributed by atoms with E-state index >= 15 is 0 Å². The van der Waals surface area contributed by atoms with Gasteiger partial charge in [0.15, 0.2) is 5.13 Å². The molecule has 1 aromatic rings. The standard InChI is InChI=1S/C9H15N3O2S/c1-7(3-2-5-13)11-8(14)12-9-10-4-6-15-9/h4,6-7,13H,2-3,5H2,1H3,(H2,10,11,12,14). The van der Waals surface area contributed by atoms with Gasteiger partial charge in [-0.05, 0) is 19.8 Å². The third-order valence-electron chi connectivity index (χ3n) is 1.83. The van der Waals surface area contributed by atoms with Crippen LogP contribution in [0.1, 0.15) is 19.8 Å². The van der Waals surface area contributed by atoms with Gasteiger partial charge in [0.25, 0.3) is 0 Å². The van der Waals surface area contributed by atoms with Gasteiger partial charge in [-0.2, -0.15) is 0 Å². The zero-order valence-corrected chi connectivity index (χ0v) is 9.38. The van der Waals surface area contributed by atoms with Gasteiger partial charge in [-0.1, -0.05) is 0 Å². The second-order valence-corrected chi connectivity index (χ2v) is 4.10. The molecule has 0 bridgehead atoms. The maximum Gasteiger partial charge on any atom is 0.321 e. The number of nitrogens with zero attached hydrogens (tertiary/aromatic N) is 1. The van der Waals surface area contributed by atoms with Gasteiger partial charge in [-0.3, -0.25) is 5.32 Å². The van der Waals surface area contributed by atoms with Gasteiger partial charge in [-0.25, -0.2) is 9.78 Å². The molecule has 0 aliphatic carbocycles. The normalized spacial score (nSPS) is 12.1. The van der Waals surface area contributed by atoms with E-state index in [-0.39, 0.29) is 18.7 Å². The minimum Gasteiger partial charge on any atom is -0.396 e. The Bertz CT molecular complexity index is 290. The Labute approximate surface area is 92.5 Å². The molecular weight excluding hydrogens is 214 g/mol. The first-order valence-corrected chi connectivity index (χ1v) is 5.68. The molecule has 84 valence electrons. The number of nitrogens with one attached hydrogen (secondary N) is 2. The number of carbonyl (C=O) groups excluding carboxylic acids is 1. The smallest absolute Gasteiger partial charge is 0.321 e. The lowest BCUT2D eigenvalue weighted by Crippen LogP contribution is -2.36. The summed E-state index contributed by atoms with van der Waals surface area (Å²) in [5.74, 6) is 0. The van der Waals surface area contributed by atoms with Crippen LogP contribution in [-0.2, 0) is 0 Å². The fourth-order valence-electron chi connectivity index (χ4n) is 1.11. The number of rotatable bonds is 5. The molecule has 6 heteroatoms. The van der Waals surface area contributed by atoms with Gasteiger partial charge in [0.05, 0.1) is 0 Å². The van der Waals surface area contributed by atoms with Gasteiger partial charge in [-0.15, -0.1) is 11.3 Å². The van der Waals surface area contributed by atoms with Crippen molar-refractivity contribution in [1.29, 1.82) is 0 Å². The van der Waals surface area contributed by atoms with E-state index in [1.807, 2.05) is 6.92 Å². The maximum absolute atomic E-state index is 11.4. The maximum atomic E-state index is 11.4. The summed E-state index contributed by atoms with van der Waals surface area (Å²) < 4.78 is 0. The Hall–Kier alpha value is -1.14. The summed E-state index contributed by atoms with van der Waals surface area (Å²) in [5, 5.41) is 16.4. The van der Waals surface area contributed by atoms with E-state index in [1.54, 1.807) is 11.6 Å². The fraction of sp³-hybridized carbons (Fsp3) is 0.556. The zero-order valence-electron chi connectivity index (χ0n) is 8.56. The molecule has 1 heterocycles. The van der Waals surface area contributed by atoms with E-state index in [2.05, 4.69) is 15.6 Å². The van der Waals surface area contributed by atoms with Crippen LogP contribution in [0.3, 0.4) is 0 Å². The largest absolute Gasteiger partial charge is 0.396 e. The number of anilines is 1. The number of hydrogen-bond donors (Lipinski definition) is 3. The van der Waals surface area contributed by atoms with Crippen LogP contribution in [0.4, 0.5) is 9.93 Å². The number of aliphatic hydroxyl groups is 1. The van der Waals surface area contributed by atoms with Crippen molar-refractivity contribution in [3.8, 4) is 0 Å². The lowest BCUT2D eigenvalue weighted by molar-refractivity contribution is 0.245. The monoisotopic (exact) mass is 229 g/mol. The van der Waals surface area contributed by atoms with Crippen LogP contribution in [0.15, 0.2) is 11.6 Å².